The second-order valence-electron chi connectivity index (χ2n) is 4.29. The molecule has 1 rings (SSSR count). The molecule has 0 heterocycles. The van der Waals surface area contributed by atoms with Gasteiger partial charge in [0.2, 0.25) is 5.91 Å². The van der Waals surface area contributed by atoms with Gasteiger partial charge in [-0.15, -0.1) is 0 Å². The molecular formula is C13H18ClNO3. The molecule has 1 amide bonds. The maximum Gasteiger partial charge on any atom is 0.216 e. The molecule has 0 aliphatic rings. The van der Waals surface area contributed by atoms with E-state index in [4.69, 9.17) is 11.6 Å². The number of hydrogen-bond donors (Lipinski definition) is 3. The Kier molecular flexibility index (Phi) is 5.59. The number of amides is 1. The zero-order valence-electron chi connectivity index (χ0n) is 10.5. The van der Waals surface area contributed by atoms with Crippen molar-refractivity contribution >= 4 is 17.5 Å². The maximum atomic E-state index is 10.7. The van der Waals surface area contributed by atoms with E-state index < -0.39 is 12.2 Å². The summed E-state index contributed by atoms with van der Waals surface area (Å²) in [6.45, 7) is 3.58. The Hall–Kier alpha value is -1.10. The third-order valence-electron chi connectivity index (χ3n) is 2.70. The molecular weight excluding hydrogens is 254 g/mol. The van der Waals surface area contributed by atoms with E-state index in [-0.39, 0.29) is 5.91 Å². The van der Waals surface area contributed by atoms with Crippen LogP contribution in [0.15, 0.2) is 18.2 Å². The fourth-order valence-corrected chi connectivity index (χ4v) is 1.75. The van der Waals surface area contributed by atoms with Crippen molar-refractivity contribution in [2.45, 2.75) is 32.5 Å². The first kappa shape index (κ1) is 15.0. The van der Waals surface area contributed by atoms with Crippen molar-refractivity contribution in [2.24, 2.45) is 0 Å². The normalized spacial score (nSPS) is 14.1. The minimum absolute atomic E-state index is 0.154. The first-order valence-corrected chi connectivity index (χ1v) is 6.16. The quantitative estimate of drug-likeness (QED) is 0.761. The van der Waals surface area contributed by atoms with Crippen LogP contribution in [0.3, 0.4) is 0 Å². The Morgan fingerprint density at radius 1 is 1.44 bits per heavy atom. The van der Waals surface area contributed by atoms with E-state index in [2.05, 4.69) is 5.32 Å². The van der Waals surface area contributed by atoms with Crippen molar-refractivity contribution in [3.8, 4) is 0 Å². The molecule has 2 atom stereocenters. The number of halogens is 1. The molecule has 0 spiro atoms. The number of benzene rings is 1. The summed E-state index contributed by atoms with van der Waals surface area (Å²) in [5, 5.41) is 23.0. The highest BCUT2D eigenvalue weighted by atomic mass is 35.5. The van der Waals surface area contributed by atoms with Gasteiger partial charge in [-0.1, -0.05) is 23.7 Å². The third kappa shape index (κ3) is 4.29. The Balaban J connectivity index is 2.59. The van der Waals surface area contributed by atoms with Crippen LogP contribution in [0.4, 0.5) is 0 Å². The predicted molar refractivity (Wildman–Crippen MR) is 70.5 cm³/mol. The molecule has 0 fully saturated rings. The molecule has 5 heteroatoms. The van der Waals surface area contributed by atoms with Gasteiger partial charge in [-0.25, -0.2) is 0 Å². The van der Waals surface area contributed by atoms with Crippen LogP contribution >= 0.6 is 11.6 Å². The fourth-order valence-electron chi connectivity index (χ4n) is 1.63. The van der Waals surface area contributed by atoms with Crippen molar-refractivity contribution < 1.29 is 15.0 Å². The highest BCUT2D eigenvalue weighted by Gasteiger charge is 2.18. The lowest BCUT2D eigenvalue weighted by molar-refractivity contribution is -0.119. The van der Waals surface area contributed by atoms with Crippen LogP contribution in [0.25, 0.3) is 0 Å². The monoisotopic (exact) mass is 271 g/mol. The average molecular weight is 272 g/mol. The molecule has 0 aliphatic heterocycles. The van der Waals surface area contributed by atoms with E-state index in [9.17, 15) is 15.0 Å². The minimum Gasteiger partial charge on any atom is -0.390 e. The van der Waals surface area contributed by atoms with Crippen LogP contribution in [0.5, 0.6) is 0 Å². The molecule has 2 unspecified atom stereocenters. The summed E-state index contributed by atoms with van der Waals surface area (Å²) in [6.07, 6.45) is -1.60. The number of carbonyl (C=O) groups excluding carboxylic acids is 1. The summed E-state index contributed by atoms with van der Waals surface area (Å²) in [7, 11) is 0. The molecule has 0 saturated carbocycles. The largest absolute Gasteiger partial charge is 0.390 e. The topological polar surface area (TPSA) is 69.6 Å². The molecule has 0 radical (unpaired) electrons. The van der Waals surface area contributed by atoms with Crippen LogP contribution < -0.4 is 5.32 Å². The lowest BCUT2D eigenvalue weighted by Gasteiger charge is -2.18. The van der Waals surface area contributed by atoms with Gasteiger partial charge in [0.1, 0.15) is 6.10 Å². The van der Waals surface area contributed by atoms with Gasteiger partial charge in [-0.3, -0.25) is 4.79 Å². The number of carbonyl (C=O) groups is 1. The third-order valence-corrected chi connectivity index (χ3v) is 3.13. The standard InChI is InChI=1S/C13H18ClNO3/c1-8-7-10(3-4-11(8)14)13(18)12(17)5-6-15-9(2)16/h3-4,7,12-13,17-18H,5-6H2,1-2H3,(H,15,16). The highest BCUT2D eigenvalue weighted by Crippen LogP contribution is 2.23. The lowest BCUT2D eigenvalue weighted by atomic mass is 10.0. The summed E-state index contributed by atoms with van der Waals surface area (Å²) in [5.74, 6) is -0.154. The first-order valence-electron chi connectivity index (χ1n) is 5.78. The van der Waals surface area contributed by atoms with Crippen LogP contribution in [-0.4, -0.2) is 28.8 Å². The van der Waals surface area contributed by atoms with Crippen LogP contribution in [0.1, 0.15) is 30.6 Å². The van der Waals surface area contributed by atoms with E-state index in [1.165, 1.54) is 6.92 Å². The van der Waals surface area contributed by atoms with Crippen LogP contribution in [-0.2, 0) is 4.79 Å². The van der Waals surface area contributed by atoms with Crippen molar-refractivity contribution in [3.05, 3.63) is 34.3 Å². The fraction of sp³-hybridized carbons (Fsp3) is 0.462. The zero-order chi connectivity index (χ0) is 13.7. The van der Waals surface area contributed by atoms with E-state index >= 15 is 0 Å². The van der Waals surface area contributed by atoms with Gasteiger partial charge in [0.25, 0.3) is 0 Å². The molecule has 0 bridgehead atoms. The van der Waals surface area contributed by atoms with E-state index in [0.29, 0.717) is 23.6 Å². The van der Waals surface area contributed by atoms with Gasteiger partial charge in [-0.2, -0.15) is 0 Å². The summed E-state index contributed by atoms with van der Waals surface area (Å²) in [4.78, 5) is 10.7. The van der Waals surface area contributed by atoms with Gasteiger partial charge >= 0.3 is 0 Å². The number of aliphatic hydroxyl groups excluding tert-OH is 2. The first-order chi connectivity index (χ1) is 8.41. The summed E-state index contributed by atoms with van der Waals surface area (Å²) >= 11 is 5.89. The molecule has 100 valence electrons. The predicted octanol–water partition coefficient (Wildman–Crippen LogP) is 1.57. The summed E-state index contributed by atoms with van der Waals surface area (Å²) in [6, 6.07) is 5.12. The van der Waals surface area contributed by atoms with Gasteiger partial charge in [0.15, 0.2) is 0 Å². The molecule has 1 aromatic rings. The SMILES string of the molecule is CC(=O)NCCC(O)C(O)c1ccc(Cl)c(C)c1. The molecule has 0 aromatic heterocycles. The Morgan fingerprint density at radius 2 is 2.11 bits per heavy atom. The Labute approximate surface area is 112 Å². The van der Waals surface area contributed by atoms with Gasteiger partial charge in [-0.05, 0) is 30.5 Å². The maximum absolute atomic E-state index is 10.7. The number of nitrogens with one attached hydrogen (secondary N) is 1. The molecule has 3 N–H and O–H groups in total. The van der Waals surface area contributed by atoms with Crippen molar-refractivity contribution in [3.63, 3.8) is 0 Å². The molecule has 18 heavy (non-hydrogen) atoms. The lowest BCUT2D eigenvalue weighted by Crippen LogP contribution is -2.27. The van der Waals surface area contributed by atoms with E-state index in [1.807, 2.05) is 6.92 Å². The number of aliphatic hydroxyl groups is 2. The number of aryl methyl sites for hydroxylation is 1. The van der Waals surface area contributed by atoms with Crippen LogP contribution in [0.2, 0.25) is 5.02 Å². The summed E-state index contributed by atoms with van der Waals surface area (Å²) in [5.41, 5.74) is 1.47. The molecule has 4 nitrogen and oxygen atoms in total. The van der Waals surface area contributed by atoms with Crippen molar-refractivity contribution in [1.29, 1.82) is 0 Å². The van der Waals surface area contributed by atoms with Gasteiger partial charge in [0.05, 0.1) is 6.10 Å². The minimum atomic E-state index is -0.977. The molecule has 0 aliphatic carbocycles. The van der Waals surface area contributed by atoms with Gasteiger partial charge < -0.3 is 15.5 Å². The smallest absolute Gasteiger partial charge is 0.216 e. The van der Waals surface area contributed by atoms with Gasteiger partial charge in [0, 0.05) is 18.5 Å². The zero-order valence-corrected chi connectivity index (χ0v) is 11.2. The van der Waals surface area contributed by atoms with Crippen LogP contribution in [0, 0.1) is 6.92 Å². The summed E-state index contributed by atoms with van der Waals surface area (Å²) < 4.78 is 0. The van der Waals surface area contributed by atoms with E-state index in [1.54, 1.807) is 18.2 Å². The van der Waals surface area contributed by atoms with Crippen molar-refractivity contribution in [2.75, 3.05) is 6.54 Å². The number of hydrogen-bond acceptors (Lipinski definition) is 3. The highest BCUT2D eigenvalue weighted by molar-refractivity contribution is 6.31. The van der Waals surface area contributed by atoms with E-state index in [0.717, 1.165) is 5.56 Å². The molecule has 0 saturated heterocycles. The second kappa shape index (κ2) is 6.73. The Morgan fingerprint density at radius 3 is 2.67 bits per heavy atom. The van der Waals surface area contributed by atoms with Crippen molar-refractivity contribution in [1.82, 2.24) is 5.32 Å². The number of rotatable bonds is 5. The average Bonchev–Trinajstić information content (AvgIpc) is 2.31. The second-order valence-corrected chi connectivity index (χ2v) is 4.70. The molecule has 1 aromatic carbocycles. The Bertz CT molecular complexity index is 423.